The van der Waals surface area contributed by atoms with Crippen LogP contribution in [0.25, 0.3) is 22.8 Å². The maximum Gasteiger partial charge on any atom is 0.417 e. The van der Waals surface area contributed by atoms with Crippen molar-refractivity contribution in [2.45, 2.75) is 6.18 Å². The second kappa shape index (κ2) is 7.62. The zero-order valence-electron chi connectivity index (χ0n) is 15.1. The molecule has 29 heavy (non-hydrogen) atoms. The number of fused-ring (bicyclic) bond motifs is 1. The van der Waals surface area contributed by atoms with E-state index in [1.165, 1.54) is 4.57 Å². The Morgan fingerprint density at radius 1 is 1.21 bits per heavy atom. The summed E-state index contributed by atoms with van der Waals surface area (Å²) in [6.45, 7) is 0. The van der Waals surface area contributed by atoms with Crippen LogP contribution in [-0.4, -0.2) is 35.0 Å². The van der Waals surface area contributed by atoms with E-state index in [0.717, 1.165) is 12.3 Å². The predicted molar refractivity (Wildman–Crippen MR) is 108 cm³/mol. The Balaban J connectivity index is 2.19. The van der Waals surface area contributed by atoms with Gasteiger partial charge in [-0.05, 0) is 29.8 Å². The molecule has 0 aliphatic heterocycles. The minimum Gasteiger partial charge on any atom is -0.312 e. The van der Waals surface area contributed by atoms with Gasteiger partial charge in [-0.1, -0.05) is 29.3 Å². The first-order valence-electron chi connectivity index (χ1n) is 8.08. The van der Waals surface area contributed by atoms with Crippen molar-refractivity contribution in [2.75, 3.05) is 12.0 Å². The van der Waals surface area contributed by atoms with Gasteiger partial charge in [0.15, 0.2) is 15.5 Å². The number of sulfone groups is 1. The van der Waals surface area contributed by atoms with Crippen LogP contribution in [0.1, 0.15) is 17.0 Å². The molecule has 0 atom stereocenters. The molecule has 3 rings (SSSR count). The number of nitrogens with zero attached hydrogens (tertiary/aromatic N) is 3. The van der Waals surface area contributed by atoms with Gasteiger partial charge in [0.2, 0.25) is 0 Å². The molecule has 2 heterocycles. The number of hydrogen-bond donors (Lipinski definition) is 0. The summed E-state index contributed by atoms with van der Waals surface area (Å²) in [6, 6.07) is 5.62. The molecule has 5 nitrogen and oxygen atoms in total. The van der Waals surface area contributed by atoms with Crippen molar-refractivity contribution in [1.82, 2.24) is 14.5 Å². The largest absolute Gasteiger partial charge is 0.417 e. The Bertz CT molecular complexity index is 1240. The highest BCUT2D eigenvalue weighted by Crippen LogP contribution is 2.31. The van der Waals surface area contributed by atoms with Crippen molar-refractivity contribution < 1.29 is 21.6 Å². The van der Waals surface area contributed by atoms with Crippen molar-refractivity contribution >= 4 is 55.9 Å². The van der Waals surface area contributed by atoms with Crippen LogP contribution in [-0.2, 0) is 23.1 Å². The summed E-state index contributed by atoms with van der Waals surface area (Å²) in [7, 11) is -1.93. The van der Waals surface area contributed by atoms with Crippen LogP contribution >= 0.6 is 23.2 Å². The van der Waals surface area contributed by atoms with Crippen molar-refractivity contribution in [3.8, 4) is 0 Å². The standard InChI is InChI=1S/C18H14Cl2F3N3O2S/c1-26-16(25-15-7-12(18(21,22)23)8-24-17(15)26)11(9-29(2,27)28)5-10-3-4-13(19)14(20)6-10/h3-8H,9H2,1-2H3/b11-5+. The Hall–Kier alpha value is -2.10. The molecule has 0 saturated carbocycles. The number of hydrogen-bond acceptors (Lipinski definition) is 4. The third kappa shape index (κ3) is 4.91. The van der Waals surface area contributed by atoms with Crippen LogP contribution in [0.4, 0.5) is 13.2 Å². The van der Waals surface area contributed by atoms with Gasteiger partial charge < -0.3 is 4.57 Å². The monoisotopic (exact) mass is 463 g/mol. The first-order valence-corrected chi connectivity index (χ1v) is 10.9. The highest BCUT2D eigenvalue weighted by Gasteiger charge is 2.32. The van der Waals surface area contributed by atoms with E-state index in [9.17, 15) is 21.6 Å². The van der Waals surface area contributed by atoms with E-state index in [1.54, 1.807) is 31.3 Å². The average molecular weight is 464 g/mol. The first kappa shape index (κ1) is 21.6. The topological polar surface area (TPSA) is 64.8 Å². The number of imidazole rings is 1. The summed E-state index contributed by atoms with van der Waals surface area (Å²) in [5, 5.41) is 0.612. The fourth-order valence-electron chi connectivity index (χ4n) is 2.77. The number of aryl methyl sites for hydroxylation is 1. The highest BCUT2D eigenvalue weighted by atomic mass is 35.5. The molecule has 0 unspecified atom stereocenters. The number of pyridine rings is 1. The molecule has 0 radical (unpaired) electrons. The summed E-state index contributed by atoms with van der Waals surface area (Å²) < 4.78 is 64.3. The average Bonchev–Trinajstić information content (AvgIpc) is 2.92. The van der Waals surface area contributed by atoms with E-state index < -0.39 is 21.6 Å². The van der Waals surface area contributed by atoms with Crippen LogP contribution in [0.5, 0.6) is 0 Å². The molecule has 0 aliphatic rings. The molecule has 0 saturated heterocycles. The maximum absolute atomic E-state index is 13.0. The number of alkyl halides is 3. The lowest BCUT2D eigenvalue weighted by Crippen LogP contribution is -2.09. The van der Waals surface area contributed by atoms with Crippen molar-refractivity contribution in [2.24, 2.45) is 7.05 Å². The minimum absolute atomic E-state index is 0.00543. The Morgan fingerprint density at radius 3 is 2.48 bits per heavy atom. The minimum atomic E-state index is -4.57. The van der Waals surface area contributed by atoms with Gasteiger partial charge in [-0.15, -0.1) is 0 Å². The summed E-state index contributed by atoms with van der Waals surface area (Å²) in [4.78, 5) is 8.06. The molecule has 0 aliphatic carbocycles. The Kier molecular flexibility index (Phi) is 5.68. The SMILES string of the molecule is Cn1c(/C(=C/c2ccc(Cl)c(Cl)c2)CS(C)(=O)=O)nc2cc(C(F)(F)F)cnc21. The van der Waals surface area contributed by atoms with Gasteiger partial charge in [0.1, 0.15) is 11.3 Å². The molecule has 1 aromatic carbocycles. The summed E-state index contributed by atoms with van der Waals surface area (Å²) in [5.41, 5.74) is 0.106. The highest BCUT2D eigenvalue weighted by molar-refractivity contribution is 7.91. The third-order valence-corrected chi connectivity index (χ3v) is 5.60. The molecule has 3 aromatic rings. The second-order valence-electron chi connectivity index (χ2n) is 6.47. The number of aromatic nitrogens is 3. The lowest BCUT2D eigenvalue weighted by atomic mass is 10.1. The van der Waals surface area contributed by atoms with Gasteiger partial charge >= 0.3 is 6.18 Å². The molecule has 11 heteroatoms. The van der Waals surface area contributed by atoms with E-state index >= 15 is 0 Å². The number of halogens is 5. The fourth-order valence-corrected chi connectivity index (χ4v) is 3.86. The van der Waals surface area contributed by atoms with E-state index in [4.69, 9.17) is 23.2 Å². The molecular weight excluding hydrogens is 450 g/mol. The fraction of sp³-hybridized carbons (Fsp3) is 0.222. The zero-order valence-corrected chi connectivity index (χ0v) is 17.5. The Morgan fingerprint density at radius 2 is 1.90 bits per heavy atom. The summed E-state index contributed by atoms with van der Waals surface area (Å²) in [5.74, 6) is -0.195. The van der Waals surface area contributed by atoms with Crippen LogP contribution in [0.2, 0.25) is 10.0 Å². The van der Waals surface area contributed by atoms with E-state index in [-0.39, 0.29) is 33.3 Å². The molecule has 0 spiro atoms. The van der Waals surface area contributed by atoms with Crippen LogP contribution in [0.3, 0.4) is 0 Å². The molecule has 0 N–H and O–H groups in total. The molecule has 2 aromatic heterocycles. The zero-order chi connectivity index (χ0) is 21.6. The van der Waals surface area contributed by atoms with E-state index in [1.807, 2.05) is 0 Å². The first-order chi connectivity index (χ1) is 13.3. The Labute approximate surface area is 174 Å². The van der Waals surface area contributed by atoms with E-state index in [0.29, 0.717) is 16.8 Å². The van der Waals surface area contributed by atoms with Gasteiger partial charge in [0.25, 0.3) is 0 Å². The summed E-state index contributed by atoms with van der Waals surface area (Å²) >= 11 is 11.9. The molecule has 0 bridgehead atoms. The van der Waals surface area contributed by atoms with Crippen molar-refractivity contribution in [3.63, 3.8) is 0 Å². The van der Waals surface area contributed by atoms with Gasteiger partial charge in [0, 0.05) is 25.1 Å². The van der Waals surface area contributed by atoms with Gasteiger partial charge in [-0.25, -0.2) is 18.4 Å². The quantitative estimate of drug-likeness (QED) is 0.552. The van der Waals surface area contributed by atoms with Gasteiger partial charge in [-0.3, -0.25) is 0 Å². The van der Waals surface area contributed by atoms with Gasteiger partial charge in [0.05, 0.1) is 21.4 Å². The van der Waals surface area contributed by atoms with Crippen molar-refractivity contribution in [1.29, 1.82) is 0 Å². The number of rotatable bonds is 4. The molecule has 0 fully saturated rings. The van der Waals surface area contributed by atoms with Gasteiger partial charge in [-0.2, -0.15) is 13.2 Å². The lowest BCUT2D eigenvalue weighted by Gasteiger charge is -2.08. The maximum atomic E-state index is 13.0. The smallest absolute Gasteiger partial charge is 0.312 e. The summed E-state index contributed by atoms with van der Waals surface area (Å²) in [6.07, 6.45) is -1.25. The number of benzene rings is 1. The lowest BCUT2D eigenvalue weighted by molar-refractivity contribution is -0.137. The normalized spacial score (nSPS) is 13.3. The van der Waals surface area contributed by atoms with E-state index in [2.05, 4.69) is 9.97 Å². The third-order valence-electron chi connectivity index (χ3n) is 4.03. The predicted octanol–water partition coefficient (Wildman–Crippen LogP) is 4.88. The van der Waals surface area contributed by atoms with Crippen LogP contribution in [0, 0.1) is 0 Å². The van der Waals surface area contributed by atoms with Crippen molar-refractivity contribution in [3.05, 3.63) is 57.5 Å². The molecule has 0 amide bonds. The molecular formula is C18H14Cl2F3N3O2S. The van der Waals surface area contributed by atoms with Crippen LogP contribution in [0.15, 0.2) is 30.5 Å². The van der Waals surface area contributed by atoms with Crippen LogP contribution < -0.4 is 0 Å². The second-order valence-corrected chi connectivity index (χ2v) is 9.43. The molecule has 154 valence electrons.